The van der Waals surface area contributed by atoms with Gasteiger partial charge in [-0.05, 0) is 31.2 Å². The number of hydrogen-bond donors (Lipinski definition) is 1. The number of carbonyl (C=O) groups excluding carboxylic acids is 1. The Labute approximate surface area is 166 Å². The van der Waals surface area contributed by atoms with Crippen molar-refractivity contribution in [2.45, 2.75) is 6.92 Å². The lowest BCUT2D eigenvalue weighted by molar-refractivity contribution is 0.102. The molecule has 4 aromatic rings. The third-order valence-corrected chi connectivity index (χ3v) is 5.01. The Morgan fingerprint density at radius 3 is 2.57 bits per heavy atom. The minimum Gasteiger partial charge on any atom is -0.496 e. The van der Waals surface area contributed by atoms with Gasteiger partial charge in [0.15, 0.2) is 5.13 Å². The number of amides is 1. The summed E-state index contributed by atoms with van der Waals surface area (Å²) in [5.74, 6) is 0.386. The number of aromatic nitrogens is 3. The van der Waals surface area contributed by atoms with Crippen LogP contribution in [0, 0.1) is 6.92 Å². The maximum atomic E-state index is 13.0. The molecule has 0 radical (unpaired) electrons. The Bertz CT molecular complexity index is 1120. The van der Waals surface area contributed by atoms with E-state index in [0.717, 1.165) is 16.1 Å². The Hall–Kier alpha value is -3.45. The van der Waals surface area contributed by atoms with Gasteiger partial charge in [-0.15, -0.1) is 11.3 Å². The van der Waals surface area contributed by atoms with Gasteiger partial charge in [-0.1, -0.05) is 30.3 Å². The number of nitrogens with one attached hydrogen (secondary N) is 1. The summed E-state index contributed by atoms with van der Waals surface area (Å²) in [6.45, 7) is 1.95. The lowest BCUT2D eigenvalue weighted by Crippen LogP contribution is -2.12. The van der Waals surface area contributed by atoms with Crippen molar-refractivity contribution >= 4 is 22.4 Å². The van der Waals surface area contributed by atoms with Gasteiger partial charge < -0.3 is 4.74 Å². The van der Waals surface area contributed by atoms with Crippen molar-refractivity contribution in [3.8, 4) is 22.7 Å². The van der Waals surface area contributed by atoms with E-state index in [-0.39, 0.29) is 5.91 Å². The Morgan fingerprint density at radius 1 is 1.11 bits per heavy atom. The summed E-state index contributed by atoms with van der Waals surface area (Å²) in [7, 11) is 1.60. The van der Waals surface area contributed by atoms with Crippen molar-refractivity contribution in [3.05, 3.63) is 77.4 Å². The fourth-order valence-corrected chi connectivity index (χ4v) is 3.53. The van der Waals surface area contributed by atoms with Gasteiger partial charge in [0.05, 0.1) is 18.4 Å². The van der Waals surface area contributed by atoms with Gasteiger partial charge in [0.2, 0.25) is 0 Å². The highest BCUT2D eigenvalue weighted by atomic mass is 32.1. The molecule has 2 aromatic carbocycles. The van der Waals surface area contributed by atoms with Crippen molar-refractivity contribution in [2.75, 3.05) is 12.4 Å². The molecule has 140 valence electrons. The van der Waals surface area contributed by atoms with Gasteiger partial charge in [-0.2, -0.15) is 5.10 Å². The average Bonchev–Trinajstić information content (AvgIpc) is 3.35. The Kier molecular flexibility index (Phi) is 4.90. The Morgan fingerprint density at radius 2 is 1.86 bits per heavy atom. The van der Waals surface area contributed by atoms with Crippen LogP contribution in [0.5, 0.6) is 5.75 Å². The number of thiazole rings is 1. The molecule has 0 spiro atoms. The summed E-state index contributed by atoms with van der Waals surface area (Å²) in [5.41, 5.74) is 2.61. The molecule has 7 heteroatoms. The maximum Gasteiger partial charge on any atom is 0.261 e. The number of hydrogen-bond acceptors (Lipinski definition) is 5. The number of carbonyl (C=O) groups is 1. The van der Waals surface area contributed by atoms with Crippen LogP contribution in [-0.2, 0) is 0 Å². The van der Waals surface area contributed by atoms with Crippen LogP contribution in [0.3, 0.4) is 0 Å². The molecule has 0 saturated heterocycles. The first-order valence-electron chi connectivity index (χ1n) is 8.68. The fourth-order valence-electron chi connectivity index (χ4n) is 2.87. The smallest absolute Gasteiger partial charge is 0.261 e. The number of methoxy groups -OCH3 is 1. The first-order chi connectivity index (χ1) is 13.7. The van der Waals surface area contributed by atoms with E-state index >= 15 is 0 Å². The predicted molar refractivity (Wildman–Crippen MR) is 110 cm³/mol. The molecule has 0 atom stereocenters. The summed E-state index contributed by atoms with van der Waals surface area (Å²) in [6.07, 6.45) is 3.46. The van der Waals surface area contributed by atoms with E-state index in [1.807, 2.05) is 61.5 Å². The monoisotopic (exact) mass is 390 g/mol. The number of anilines is 1. The average molecular weight is 390 g/mol. The predicted octanol–water partition coefficient (Wildman–Crippen LogP) is 4.57. The molecular weight excluding hydrogens is 372 g/mol. The van der Waals surface area contributed by atoms with E-state index < -0.39 is 0 Å². The maximum absolute atomic E-state index is 13.0. The standard InChI is InChI=1S/C21H18N4O2S/c1-14-12-22-21(28-14)23-20(26)17-13-25(15-8-4-3-5-9-15)24-19(17)16-10-6-7-11-18(16)27-2/h3-13H,1-2H3,(H,22,23,26). The van der Waals surface area contributed by atoms with Crippen molar-refractivity contribution < 1.29 is 9.53 Å². The SMILES string of the molecule is COc1ccccc1-c1nn(-c2ccccc2)cc1C(=O)Nc1ncc(C)s1. The van der Waals surface area contributed by atoms with Gasteiger partial charge >= 0.3 is 0 Å². The quantitative estimate of drug-likeness (QED) is 0.542. The van der Waals surface area contributed by atoms with Crippen molar-refractivity contribution in [1.29, 1.82) is 0 Å². The molecule has 0 fully saturated rings. The minimum absolute atomic E-state index is 0.266. The number of nitrogens with zero attached hydrogens (tertiary/aromatic N) is 3. The molecule has 1 N–H and O–H groups in total. The van der Waals surface area contributed by atoms with E-state index in [9.17, 15) is 4.79 Å². The highest BCUT2D eigenvalue weighted by molar-refractivity contribution is 7.15. The Balaban J connectivity index is 1.81. The third-order valence-electron chi connectivity index (χ3n) is 4.18. The van der Waals surface area contributed by atoms with Crippen LogP contribution >= 0.6 is 11.3 Å². The summed E-state index contributed by atoms with van der Waals surface area (Å²) in [6, 6.07) is 17.2. The topological polar surface area (TPSA) is 69.0 Å². The number of benzene rings is 2. The molecule has 28 heavy (non-hydrogen) atoms. The largest absolute Gasteiger partial charge is 0.496 e. The second kappa shape index (κ2) is 7.66. The summed E-state index contributed by atoms with van der Waals surface area (Å²) in [5, 5.41) is 8.11. The molecule has 6 nitrogen and oxygen atoms in total. The molecule has 0 aliphatic carbocycles. The summed E-state index contributed by atoms with van der Waals surface area (Å²) < 4.78 is 7.18. The van der Waals surface area contributed by atoms with Crippen LogP contribution in [0.15, 0.2) is 67.0 Å². The number of para-hydroxylation sites is 2. The number of aryl methyl sites for hydroxylation is 1. The fraction of sp³-hybridized carbons (Fsp3) is 0.0952. The molecule has 0 aliphatic rings. The van der Waals surface area contributed by atoms with Crippen LogP contribution < -0.4 is 10.1 Å². The highest BCUT2D eigenvalue weighted by Crippen LogP contribution is 2.32. The second-order valence-electron chi connectivity index (χ2n) is 6.10. The van der Waals surface area contributed by atoms with Gasteiger partial charge in [0, 0.05) is 22.8 Å². The molecule has 2 heterocycles. The van der Waals surface area contributed by atoms with E-state index in [4.69, 9.17) is 4.74 Å². The third kappa shape index (κ3) is 3.52. The highest BCUT2D eigenvalue weighted by Gasteiger charge is 2.21. The van der Waals surface area contributed by atoms with Crippen LogP contribution in [0.25, 0.3) is 16.9 Å². The normalized spacial score (nSPS) is 10.6. The number of ether oxygens (including phenoxy) is 1. The van der Waals surface area contributed by atoms with Crippen LogP contribution in [-0.4, -0.2) is 27.8 Å². The summed E-state index contributed by atoms with van der Waals surface area (Å²) >= 11 is 1.43. The molecule has 0 aliphatic heterocycles. The summed E-state index contributed by atoms with van der Waals surface area (Å²) in [4.78, 5) is 18.3. The first kappa shape index (κ1) is 17.9. The second-order valence-corrected chi connectivity index (χ2v) is 7.34. The van der Waals surface area contributed by atoms with Crippen molar-refractivity contribution in [2.24, 2.45) is 0 Å². The van der Waals surface area contributed by atoms with Crippen molar-refractivity contribution in [1.82, 2.24) is 14.8 Å². The van der Waals surface area contributed by atoms with E-state index in [1.165, 1.54) is 11.3 Å². The zero-order chi connectivity index (χ0) is 19.5. The lowest BCUT2D eigenvalue weighted by Gasteiger charge is -2.07. The van der Waals surface area contributed by atoms with E-state index in [0.29, 0.717) is 22.1 Å². The van der Waals surface area contributed by atoms with Gasteiger partial charge in [0.25, 0.3) is 5.91 Å². The van der Waals surface area contributed by atoms with Crippen LogP contribution in [0.2, 0.25) is 0 Å². The molecule has 0 saturated carbocycles. The molecule has 0 bridgehead atoms. The molecular formula is C21H18N4O2S. The van der Waals surface area contributed by atoms with Gasteiger partial charge in [0.1, 0.15) is 11.4 Å². The van der Waals surface area contributed by atoms with Crippen molar-refractivity contribution in [3.63, 3.8) is 0 Å². The molecule has 2 aromatic heterocycles. The van der Waals surface area contributed by atoms with E-state index in [2.05, 4.69) is 15.4 Å². The zero-order valence-electron chi connectivity index (χ0n) is 15.4. The number of rotatable bonds is 5. The molecule has 0 unspecified atom stereocenters. The van der Waals surface area contributed by atoms with Gasteiger partial charge in [-0.3, -0.25) is 10.1 Å². The molecule has 4 rings (SSSR count). The van der Waals surface area contributed by atoms with Gasteiger partial charge in [-0.25, -0.2) is 9.67 Å². The van der Waals surface area contributed by atoms with E-state index in [1.54, 1.807) is 24.2 Å². The molecule has 1 amide bonds. The van der Waals surface area contributed by atoms with Crippen LogP contribution in [0.1, 0.15) is 15.2 Å². The van der Waals surface area contributed by atoms with Crippen LogP contribution in [0.4, 0.5) is 5.13 Å². The first-order valence-corrected chi connectivity index (χ1v) is 9.49. The minimum atomic E-state index is -0.266. The zero-order valence-corrected chi connectivity index (χ0v) is 16.2. The lowest BCUT2D eigenvalue weighted by atomic mass is 10.1.